The van der Waals surface area contributed by atoms with Crippen molar-refractivity contribution in [2.24, 2.45) is 0 Å². The van der Waals surface area contributed by atoms with Crippen molar-refractivity contribution < 1.29 is 22.5 Å². The molecule has 130 valence electrons. The number of aromatic carboxylic acids is 1. The van der Waals surface area contributed by atoms with E-state index < -0.39 is 26.8 Å². The van der Waals surface area contributed by atoms with Crippen molar-refractivity contribution in [3.63, 3.8) is 0 Å². The second-order valence-electron chi connectivity index (χ2n) is 5.39. The molecule has 0 saturated carbocycles. The Kier molecular flexibility index (Phi) is 4.21. The van der Waals surface area contributed by atoms with Gasteiger partial charge in [0.25, 0.3) is 10.0 Å². The molecule has 1 atom stereocenters. The molecule has 3 rings (SSSR count). The van der Waals surface area contributed by atoms with Crippen molar-refractivity contribution in [3.8, 4) is 0 Å². The van der Waals surface area contributed by atoms with Crippen LogP contribution in [-0.2, 0) is 20.8 Å². The molecular weight excluding hydrogens is 364 g/mol. The Morgan fingerprint density at radius 2 is 1.88 bits per heavy atom. The number of imidazole rings is 1. The molecule has 2 aromatic carbocycles. The number of para-hydroxylation sites is 2. The predicted molar refractivity (Wildman–Crippen MR) is 92.8 cm³/mol. The van der Waals surface area contributed by atoms with Gasteiger partial charge in [0, 0.05) is 6.26 Å². The molecule has 0 bridgehead atoms. The second-order valence-corrected chi connectivity index (χ2v) is 8.42. The van der Waals surface area contributed by atoms with E-state index in [4.69, 9.17) is 5.11 Å². The number of fused-ring (bicyclic) bond motifs is 1. The zero-order chi connectivity index (χ0) is 18.4. The SMILES string of the molecule is Cc1ccc(C(=O)O)cc1S(=O)(=O)n1c(S(C)=O)nc2ccccc21. The molecule has 3 aromatic rings. The minimum Gasteiger partial charge on any atom is -0.478 e. The van der Waals surface area contributed by atoms with E-state index in [-0.39, 0.29) is 21.1 Å². The van der Waals surface area contributed by atoms with Crippen molar-refractivity contribution in [2.75, 3.05) is 6.26 Å². The van der Waals surface area contributed by atoms with Crippen LogP contribution in [0.5, 0.6) is 0 Å². The molecule has 1 N–H and O–H groups in total. The highest BCUT2D eigenvalue weighted by Gasteiger charge is 2.28. The fraction of sp³-hybridized carbons (Fsp3) is 0.125. The van der Waals surface area contributed by atoms with Gasteiger partial charge in [-0.25, -0.2) is 22.2 Å². The van der Waals surface area contributed by atoms with E-state index in [9.17, 15) is 17.4 Å². The summed E-state index contributed by atoms with van der Waals surface area (Å²) in [7, 11) is -5.84. The third kappa shape index (κ3) is 2.85. The lowest BCUT2D eigenvalue weighted by Crippen LogP contribution is -2.18. The summed E-state index contributed by atoms with van der Waals surface area (Å²) in [4.78, 5) is 15.2. The molecule has 0 amide bonds. The quantitative estimate of drug-likeness (QED) is 0.744. The topological polar surface area (TPSA) is 106 Å². The molecule has 0 aliphatic rings. The number of aromatic nitrogens is 2. The van der Waals surface area contributed by atoms with E-state index in [1.54, 1.807) is 31.2 Å². The lowest BCUT2D eigenvalue weighted by atomic mass is 10.1. The summed E-state index contributed by atoms with van der Waals surface area (Å²) in [5.74, 6) is -1.23. The van der Waals surface area contributed by atoms with Gasteiger partial charge < -0.3 is 5.11 Å². The lowest BCUT2D eigenvalue weighted by molar-refractivity contribution is 0.0696. The minimum atomic E-state index is -4.19. The third-order valence-electron chi connectivity index (χ3n) is 3.70. The maximum atomic E-state index is 13.2. The van der Waals surface area contributed by atoms with Crippen LogP contribution >= 0.6 is 0 Å². The van der Waals surface area contributed by atoms with Crippen molar-refractivity contribution in [1.82, 2.24) is 8.96 Å². The van der Waals surface area contributed by atoms with Gasteiger partial charge in [0.1, 0.15) is 0 Å². The molecule has 1 aromatic heterocycles. The first kappa shape index (κ1) is 17.3. The number of nitrogens with zero attached hydrogens (tertiary/aromatic N) is 2. The predicted octanol–water partition coefficient (Wildman–Crippen LogP) is 2.02. The van der Waals surface area contributed by atoms with Crippen LogP contribution in [0.2, 0.25) is 0 Å². The summed E-state index contributed by atoms with van der Waals surface area (Å²) in [5.41, 5.74) is 0.916. The Bertz CT molecular complexity index is 1130. The van der Waals surface area contributed by atoms with E-state index in [0.717, 1.165) is 10.0 Å². The van der Waals surface area contributed by atoms with Gasteiger partial charge in [0.05, 0.1) is 32.3 Å². The summed E-state index contributed by atoms with van der Waals surface area (Å²) in [5, 5.41) is 9.04. The van der Waals surface area contributed by atoms with Crippen LogP contribution in [0.15, 0.2) is 52.5 Å². The number of aryl methyl sites for hydroxylation is 1. The molecular formula is C16H14N2O5S2. The summed E-state index contributed by atoms with van der Waals surface area (Å²) in [6.45, 7) is 1.57. The van der Waals surface area contributed by atoms with Gasteiger partial charge in [-0.1, -0.05) is 18.2 Å². The fourth-order valence-electron chi connectivity index (χ4n) is 2.50. The van der Waals surface area contributed by atoms with Gasteiger partial charge in [0.2, 0.25) is 5.16 Å². The Balaban J connectivity index is 2.38. The van der Waals surface area contributed by atoms with Crippen LogP contribution in [0.1, 0.15) is 15.9 Å². The van der Waals surface area contributed by atoms with Crippen molar-refractivity contribution in [1.29, 1.82) is 0 Å². The normalized spacial score (nSPS) is 13.0. The highest BCUT2D eigenvalue weighted by atomic mass is 32.2. The highest BCUT2D eigenvalue weighted by Crippen LogP contribution is 2.27. The van der Waals surface area contributed by atoms with Gasteiger partial charge in [-0.15, -0.1) is 0 Å². The molecule has 0 aliphatic carbocycles. The summed E-state index contributed by atoms with van der Waals surface area (Å²) < 4.78 is 39.4. The standard InChI is InChI=1S/C16H14N2O5S2/c1-10-7-8-11(15(19)20)9-14(10)25(22,23)18-13-6-4-3-5-12(13)17-16(18)24(2)21/h3-9H,1-2H3,(H,19,20). The number of hydrogen-bond donors (Lipinski definition) is 1. The minimum absolute atomic E-state index is 0.110. The lowest BCUT2D eigenvalue weighted by Gasteiger charge is -2.12. The van der Waals surface area contributed by atoms with Gasteiger partial charge >= 0.3 is 5.97 Å². The maximum Gasteiger partial charge on any atom is 0.335 e. The van der Waals surface area contributed by atoms with Crippen LogP contribution in [0.3, 0.4) is 0 Å². The highest BCUT2D eigenvalue weighted by molar-refractivity contribution is 7.91. The number of benzene rings is 2. The van der Waals surface area contributed by atoms with Crippen molar-refractivity contribution in [3.05, 3.63) is 53.6 Å². The van der Waals surface area contributed by atoms with E-state index in [0.29, 0.717) is 11.1 Å². The van der Waals surface area contributed by atoms with E-state index in [1.807, 2.05) is 0 Å². The number of rotatable bonds is 4. The number of hydrogen-bond acceptors (Lipinski definition) is 5. The van der Waals surface area contributed by atoms with E-state index in [2.05, 4.69) is 4.98 Å². The second kappa shape index (κ2) is 6.08. The van der Waals surface area contributed by atoms with Crippen LogP contribution < -0.4 is 0 Å². The van der Waals surface area contributed by atoms with E-state index >= 15 is 0 Å². The zero-order valence-corrected chi connectivity index (χ0v) is 15.0. The third-order valence-corrected chi connectivity index (χ3v) is 6.45. The number of carboxylic acids is 1. The number of carbonyl (C=O) groups is 1. The number of carboxylic acid groups (broad SMARTS) is 1. The average molecular weight is 378 g/mol. The summed E-state index contributed by atoms with van der Waals surface area (Å²) in [6, 6.07) is 10.4. The zero-order valence-electron chi connectivity index (χ0n) is 13.3. The fourth-order valence-corrected chi connectivity index (χ4v) is 5.28. The van der Waals surface area contributed by atoms with Gasteiger partial charge in [-0.05, 0) is 36.8 Å². The van der Waals surface area contributed by atoms with Gasteiger partial charge in [-0.2, -0.15) is 0 Å². The first-order valence-electron chi connectivity index (χ1n) is 7.14. The molecule has 0 radical (unpaired) electrons. The van der Waals surface area contributed by atoms with Gasteiger partial charge in [-0.3, -0.25) is 4.21 Å². The summed E-state index contributed by atoms with van der Waals surface area (Å²) in [6.07, 6.45) is 1.34. The molecule has 0 fully saturated rings. The molecule has 0 aliphatic heterocycles. The Labute approximate surface area is 146 Å². The molecule has 9 heteroatoms. The molecule has 7 nitrogen and oxygen atoms in total. The molecule has 1 heterocycles. The molecule has 0 spiro atoms. The Hall–Kier alpha value is -2.52. The Morgan fingerprint density at radius 3 is 2.52 bits per heavy atom. The smallest absolute Gasteiger partial charge is 0.335 e. The average Bonchev–Trinajstić information content (AvgIpc) is 2.95. The molecule has 0 saturated heterocycles. The van der Waals surface area contributed by atoms with E-state index in [1.165, 1.54) is 18.4 Å². The van der Waals surface area contributed by atoms with Crippen molar-refractivity contribution >= 4 is 37.8 Å². The first-order chi connectivity index (χ1) is 11.7. The monoisotopic (exact) mass is 378 g/mol. The summed E-state index contributed by atoms with van der Waals surface area (Å²) >= 11 is 0. The van der Waals surface area contributed by atoms with Crippen LogP contribution in [0.4, 0.5) is 0 Å². The van der Waals surface area contributed by atoms with Crippen LogP contribution in [-0.4, -0.2) is 38.9 Å². The maximum absolute atomic E-state index is 13.2. The first-order valence-corrected chi connectivity index (χ1v) is 10.1. The van der Waals surface area contributed by atoms with Gasteiger partial charge in [0.15, 0.2) is 0 Å². The van der Waals surface area contributed by atoms with Crippen LogP contribution in [0, 0.1) is 6.92 Å². The Morgan fingerprint density at radius 1 is 1.20 bits per heavy atom. The van der Waals surface area contributed by atoms with Crippen molar-refractivity contribution in [2.45, 2.75) is 17.0 Å². The largest absolute Gasteiger partial charge is 0.478 e. The molecule has 1 unspecified atom stereocenters. The van der Waals surface area contributed by atoms with Crippen LogP contribution in [0.25, 0.3) is 11.0 Å². The molecule has 25 heavy (non-hydrogen) atoms.